The van der Waals surface area contributed by atoms with Crippen molar-refractivity contribution >= 4 is 17.5 Å². The number of amides is 2. The van der Waals surface area contributed by atoms with Crippen LogP contribution >= 0.6 is 0 Å². The van der Waals surface area contributed by atoms with Crippen LogP contribution < -0.4 is 15.4 Å². The van der Waals surface area contributed by atoms with Crippen molar-refractivity contribution in [2.24, 2.45) is 17.8 Å². The minimum absolute atomic E-state index is 0.196. The Morgan fingerprint density at radius 1 is 1.00 bits per heavy atom. The molecule has 3 aliphatic rings. The van der Waals surface area contributed by atoms with Crippen molar-refractivity contribution in [1.29, 1.82) is 0 Å². The molecule has 2 aromatic rings. The first kappa shape index (κ1) is 27.8. The molecule has 3 aliphatic carbocycles. The number of fused-ring (bicyclic) bond motifs is 2. The summed E-state index contributed by atoms with van der Waals surface area (Å²) in [6, 6.07) is 2.88. The third-order valence-corrected chi connectivity index (χ3v) is 7.95. The molecule has 5 rings (SSSR count). The zero-order valence-corrected chi connectivity index (χ0v) is 21.4. The molecule has 2 N–H and O–H groups in total. The lowest BCUT2D eigenvalue weighted by Gasteiger charge is -2.30. The van der Waals surface area contributed by atoms with Crippen LogP contribution in [0.2, 0.25) is 0 Å². The van der Waals surface area contributed by atoms with E-state index in [0.717, 1.165) is 42.5 Å². The number of hydrogen-bond donors (Lipinski definition) is 2. The molecule has 5 nitrogen and oxygen atoms in total. The molecule has 0 aliphatic heterocycles. The molecule has 0 spiro atoms. The van der Waals surface area contributed by atoms with Crippen LogP contribution in [-0.4, -0.2) is 25.0 Å². The maximum absolute atomic E-state index is 14.0. The van der Waals surface area contributed by atoms with E-state index in [0.29, 0.717) is 31.0 Å². The first-order valence-corrected chi connectivity index (χ1v) is 12.9. The number of ether oxygens (including phenoxy) is 1. The van der Waals surface area contributed by atoms with Crippen molar-refractivity contribution < 1.29 is 40.7 Å². The summed E-state index contributed by atoms with van der Waals surface area (Å²) in [4.78, 5) is 26.9. The topological polar surface area (TPSA) is 67.4 Å². The van der Waals surface area contributed by atoms with E-state index < -0.39 is 53.0 Å². The first-order valence-electron chi connectivity index (χ1n) is 12.9. The Balaban J connectivity index is 1.47. The Morgan fingerprint density at radius 3 is 2.40 bits per heavy atom. The highest BCUT2D eigenvalue weighted by atomic mass is 19.4. The maximum Gasteiger partial charge on any atom is 0.419 e. The fourth-order valence-corrected chi connectivity index (χ4v) is 6.18. The Hall–Kier alpha value is -3.76. The van der Waals surface area contributed by atoms with Gasteiger partial charge in [0.25, 0.3) is 5.91 Å². The Kier molecular flexibility index (Phi) is 7.41. The number of rotatable bonds is 6. The molecule has 2 amide bonds. The van der Waals surface area contributed by atoms with Gasteiger partial charge in [0.2, 0.25) is 5.91 Å². The lowest BCUT2D eigenvalue weighted by molar-refractivity contribution is -0.140. The van der Waals surface area contributed by atoms with E-state index in [-0.39, 0.29) is 28.8 Å². The molecular weight excluding hydrogens is 538 g/mol. The molecule has 0 heterocycles. The molecule has 2 unspecified atom stereocenters. The summed E-state index contributed by atoms with van der Waals surface area (Å²) < 4.78 is 86.3. The summed E-state index contributed by atoms with van der Waals surface area (Å²) in [5.74, 6) is -6.95. The Labute approximate surface area is 226 Å². The van der Waals surface area contributed by atoms with Crippen molar-refractivity contribution in [2.45, 2.75) is 44.3 Å². The number of anilines is 1. The van der Waals surface area contributed by atoms with Gasteiger partial charge in [-0.3, -0.25) is 9.59 Å². The van der Waals surface area contributed by atoms with Gasteiger partial charge in [0.05, 0.1) is 24.2 Å². The Morgan fingerprint density at radius 2 is 1.73 bits per heavy atom. The van der Waals surface area contributed by atoms with Gasteiger partial charge in [0.1, 0.15) is 11.6 Å². The van der Waals surface area contributed by atoms with E-state index in [1.807, 2.05) is 6.08 Å². The van der Waals surface area contributed by atoms with Gasteiger partial charge in [0, 0.05) is 23.7 Å². The summed E-state index contributed by atoms with van der Waals surface area (Å²) in [6.45, 7) is 0. The molecule has 2 saturated carbocycles. The predicted octanol–water partition coefficient (Wildman–Crippen LogP) is 6.56. The maximum atomic E-state index is 14.0. The van der Waals surface area contributed by atoms with E-state index in [4.69, 9.17) is 4.74 Å². The normalized spacial score (nSPS) is 24.8. The molecule has 212 valence electrons. The number of carbonyl (C=O) groups is 2. The quantitative estimate of drug-likeness (QED) is 0.391. The number of alkyl halides is 3. The van der Waals surface area contributed by atoms with E-state index >= 15 is 0 Å². The fraction of sp³-hybridized carbons (Fsp3) is 0.379. The van der Waals surface area contributed by atoms with E-state index in [1.54, 1.807) is 0 Å². The molecule has 2 bridgehead atoms. The number of allylic oxidation sites excluding steroid dienone is 3. The van der Waals surface area contributed by atoms with Crippen LogP contribution in [0.5, 0.6) is 5.75 Å². The second-order valence-electron chi connectivity index (χ2n) is 10.3. The fourth-order valence-electron chi connectivity index (χ4n) is 6.18. The predicted molar refractivity (Wildman–Crippen MR) is 134 cm³/mol. The standard InChI is InChI=1S/C29H26F6N2O3/c1-40-24-13-23(32)22(31)12-19(24)27(38)37-26-17-8-7-16(18(17)10-14-4-2-3-5-14)25(26)28(39)36-15-6-9-21(30)20(11-15)29(33,34)35/h4,6,9-13,16-17,25-26H,2-3,5,7-8H2,1H3,(H,36,39)(H,37,38)/b18-10-/t16?,17?,25-,26+/m0/s1. The molecule has 0 saturated heterocycles. The summed E-state index contributed by atoms with van der Waals surface area (Å²) in [7, 11) is 1.20. The lowest BCUT2D eigenvalue weighted by atomic mass is 9.83. The van der Waals surface area contributed by atoms with Gasteiger partial charge in [-0.2, -0.15) is 13.2 Å². The van der Waals surface area contributed by atoms with Gasteiger partial charge < -0.3 is 15.4 Å². The number of methoxy groups -OCH3 is 1. The average molecular weight is 565 g/mol. The summed E-state index contributed by atoms with van der Waals surface area (Å²) in [6.07, 6.45) is 3.28. The van der Waals surface area contributed by atoms with Crippen LogP contribution in [0.15, 0.2) is 53.6 Å². The third kappa shape index (κ3) is 5.21. The molecule has 2 aromatic carbocycles. The van der Waals surface area contributed by atoms with Gasteiger partial charge in [0.15, 0.2) is 11.6 Å². The highest BCUT2D eigenvalue weighted by molar-refractivity contribution is 5.99. The lowest BCUT2D eigenvalue weighted by Crippen LogP contribution is -2.48. The van der Waals surface area contributed by atoms with E-state index in [9.17, 15) is 35.9 Å². The summed E-state index contributed by atoms with van der Waals surface area (Å²) >= 11 is 0. The van der Waals surface area contributed by atoms with Crippen LogP contribution in [0, 0.1) is 35.2 Å². The van der Waals surface area contributed by atoms with Gasteiger partial charge in [-0.25, -0.2) is 13.2 Å². The van der Waals surface area contributed by atoms with Crippen LogP contribution in [0.1, 0.15) is 48.0 Å². The van der Waals surface area contributed by atoms with Crippen molar-refractivity contribution in [3.63, 3.8) is 0 Å². The molecule has 2 fully saturated rings. The monoisotopic (exact) mass is 564 g/mol. The van der Waals surface area contributed by atoms with Crippen LogP contribution in [0.3, 0.4) is 0 Å². The summed E-state index contributed by atoms with van der Waals surface area (Å²) in [5.41, 5.74) is 0.0699. The minimum atomic E-state index is -4.96. The van der Waals surface area contributed by atoms with Crippen LogP contribution in [0.4, 0.5) is 32.0 Å². The Bertz CT molecular complexity index is 1420. The van der Waals surface area contributed by atoms with Gasteiger partial charge >= 0.3 is 6.18 Å². The first-order chi connectivity index (χ1) is 19.0. The van der Waals surface area contributed by atoms with Crippen molar-refractivity contribution in [3.8, 4) is 5.75 Å². The van der Waals surface area contributed by atoms with Crippen molar-refractivity contribution in [1.82, 2.24) is 5.32 Å². The highest BCUT2D eigenvalue weighted by Gasteiger charge is 2.54. The van der Waals surface area contributed by atoms with E-state index in [2.05, 4.69) is 16.7 Å². The number of hydrogen-bond acceptors (Lipinski definition) is 3. The SMILES string of the molecule is COc1cc(F)c(F)cc1C(=O)N[C@@H]1C2CCC(/C2=C/C2=CCCC2)[C@@H]1C(=O)Nc1ccc(F)c(C(F)(F)F)c1. The van der Waals surface area contributed by atoms with Crippen molar-refractivity contribution in [3.05, 3.63) is 82.2 Å². The number of benzene rings is 2. The van der Waals surface area contributed by atoms with E-state index in [1.165, 1.54) is 7.11 Å². The molecule has 40 heavy (non-hydrogen) atoms. The number of carbonyl (C=O) groups excluding carboxylic acids is 2. The number of halogens is 6. The molecule has 0 radical (unpaired) electrons. The smallest absolute Gasteiger partial charge is 0.419 e. The molecule has 11 heteroatoms. The van der Waals surface area contributed by atoms with Gasteiger partial charge in [-0.15, -0.1) is 0 Å². The zero-order valence-electron chi connectivity index (χ0n) is 21.4. The highest BCUT2D eigenvalue weighted by Crippen LogP contribution is 2.53. The van der Waals surface area contributed by atoms with Crippen LogP contribution in [-0.2, 0) is 11.0 Å². The second kappa shape index (κ2) is 10.7. The molecular formula is C29H26F6N2O3. The third-order valence-electron chi connectivity index (χ3n) is 7.95. The van der Waals surface area contributed by atoms with Gasteiger partial charge in [-0.1, -0.05) is 23.3 Å². The summed E-state index contributed by atoms with van der Waals surface area (Å²) in [5, 5.41) is 5.27. The second-order valence-corrected chi connectivity index (χ2v) is 10.3. The zero-order chi connectivity index (χ0) is 28.8. The minimum Gasteiger partial charge on any atom is -0.496 e. The largest absolute Gasteiger partial charge is 0.496 e. The molecule has 4 atom stereocenters. The van der Waals surface area contributed by atoms with Gasteiger partial charge in [-0.05, 0) is 62.3 Å². The van der Waals surface area contributed by atoms with Crippen molar-refractivity contribution in [2.75, 3.05) is 12.4 Å². The number of nitrogens with one attached hydrogen (secondary N) is 2. The van der Waals surface area contributed by atoms with Crippen LogP contribution in [0.25, 0.3) is 0 Å². The average Bonchev–Trinajstić information content (AvgIpc) is 3.62. The molecule has 0 aromatic heterocycles.